The molecule has 0 aromatic heterocycles. The van der Waals surface area contributed by atoms with Gasteiger partial charge in [0.15, 0.2) is 6.10 Å². The highest BCUT2D eigenvalue weighted by atomic mass is 35.5. The minimum Gasteiger partial charge on any atom is -0.479 e. The fraction of sp³-hybridized carbons (Fsp3) is 0.562. The zero-order chi connectivity index (χ0) is 16.1. The van der Waals surface area contributed by atoms with Crippen LogP contribution in [0.25, 0.3) is 0 Å². The number of carbonyl (C=O) groups is 1. The molecule has 7 heteroatoms. The number of hydrogen-bond donors (Lipinski definition) is 1. The summed E-state index contributed by atoms with van der Waals surface area (Å²) >= 11 is 5.95. The molecule has 1 aliphatic heterocycles. The van der Waals surface area contributed by atoms with Crippen molar-refractivity contribution in [2.24, 2.45) is 0 Å². The molecule has 2 atom stereocenters. The Morgan fingerprint density at radius 3 is 2.87 bits per heavy atom. The van der Waals surface area contributed by atoms with Crippen LogP contribution in [0.3, 0.4) is 0 Å². The molecule has 23 heavy (non-hydrogen) atoms. The van der Waals surface area contributed by atoms with Crippen LogP contribution in [-0.4, -0.2) is 42.6 Å². The highest BCUT2D eigenvalue weighted by Crippen LogP contribution is 2.26. The van der Waals surface area contributed by atoms with Gasteiger partial charge < -0.3 is 15.0 Å². The smallest absolute Gasteiger partial charge is 0.263 e. The van der Waals surface area contributed by atoms with Crippen molar-refractivity contribution in [1.29, 1.82) is 0 Å². The SMILES string of the molecule is CCCN(C(=O)C(C)Oc1ccc(F)cc1Cl)C1CCNC1.Cl. The number of halogens is 3. The van der Waals surface area contributed by atoms with Crippen LogP contribution in [0.1, 0.15) is 26.7 Å². The summed E-state index contributed by atoms with van der Waals surface area (Å²) in [7, 11) is 0. The minimum absolute atomic E-state index is 0. The third-order valence-corrected chi connectivity index (χ3v) is 4.06. The second-order valence-corrected chi connectivity index (χ2v) is 5.92. The van der Waals surface area contributed by atoms with Crippen LogP contribution in [0, 0.1) is 5.82 Å². The standard InChI is InChI=1S/C16H22ClFN2O2.ClH/c1-3-8-20(13-6-7-19-10-13)16(21)11(2)22-15-5-4-12(18)9-14(15)17;/h4-5,9,11,13,19H,3,6-8,10H2,1-2H3;1H. The van der Waals surface area contributed by atoms with Crippen LogP contribution >= 0.6 is 24.0 Å². The summed E-state index contributed by atoms with van der Waals surface area (Å²) < 4.78 is 18.7. The molecule has 1 fully saturated rings. The Balaban J connectivity index is 0.00000264. The predicted molar refractivity (Wildman–Crippen MR) is 92.0 cm³/mol. The average molecular weight is 365 g/mol. The van der Waals surface area contributed by atoms with Crippen molar-refractivity contribution in [3.63, 3.8) is 0 Å². The van der Waals surface area contributed by atoms with Crippen LogP contribution in [-0.2, 0) is 4.79 Å². The summed E-state index contributed by atoms with van der Waals surface area (Å²) in [5.41, 5.74) is 0. The van der Waals surface area contributed by atoms with E-state index in [1.165, 1.54) is 18.2 Å². The molecule has 1 aromatic rings. The van der Waals surface area contributed by atoms with Crippen molar-refractivity contribution in [1.82, 2.24) is 10.2 Å². The van der Waals surface area contributed by atoms with Crippen molar-refractivity contribution in [3.8, 4) is 5.75 Å². The van der Waals surface area contributed by atoms with Gasteiger partial charge in [-0.3, -0.25) is 4.79 Å². The summed E-state index contributed by atoms with van der Waals surface area (Å²) in [5, 5.41) is 3.44. The van der Waals surface area contributed by atoms with E-state index in [4.69, 9.17) is 16.3 Å². The molecule has 1 N–H and O–H groups in total. The molecular formula is C16H23Cl2FN2O2. The van der Waals surface area contributed by atoms with Gasteiger partial charge in [0.05, 0.1) is 5.02 Å². The molecule has 0 radical (unpaired) electrons. The normalized spacial score (nSPS) is 18.2. The molecule has 1 amide bonds. The third kappa shape index (κ3) is 5.23. The van der Waals surface area contributed by atoms with E-state index >= 15 is 0 Å². The van der Waals surface area contributed by atoms with Crippen LogP contribution in [0.15, 0.2) is 18.2 Å². The molecule has 1 saturated heterocycles. The number of nitrogens with zero attached hydrogens (tertiary/aromatic N) is 1. The molecule has 0 aliphatic carbocycles. The van der Waals surface area contributed by atoms with Crippen molar-refractivity contribution in [3.05, 3.63) is 29.0 Å². The number of benzene rings is 1. The highest BCUT2D eigenvalue weighted by molar-refractivity contribution is 6.32. The van der Waals surface area contributed by atoms with Gasteiger partial charge in [-0.2, -0.15) is 0 Å². The molecule has 1 aromatic carbocycles. The Morgan fingerprint density at radius 1 is 1.57 bits per heavy atom. The monoisotopic (exact) mass is 364 g/mol. The Bertz CT molecular complexity index is 525. The quantitative estimate of drug-likeness (QED) is 0.841. The van der Waals surface area contributed by atoms with Gasteiger partial charge in [-0.25, -0.2) is 4.39 Å². The van der Waals surface area contributed by atoms with E-state index in [0.717, 1.165) is 25.9 Å². The summed E-state index contributed by atoms with van der Waals surface area (Å²) in [6, 6.07) is 4.10. The van der Waals surface area contributed by atoms with E-state index in [2.05, 4.69) is 5.32 Å². The number of nitrogens with one attached hydrogen (secondary N) is 1. The van der Waals surface area contributed by atoms with E-state index in [1.54, 1.807) is 6.92 Å². The molecule has 1 aliphatic rings. The van der Waals surface area contributed by atoms with Crippen LogP contribution in [0.5, 0.6) is 5.75 Å². The van der Waals surface area contributed by atoms with Crippen LogP contribution in [0.4, 0.5) is 4.39 Å². The first kappa shape index (κ1) is 20.0. The first-order valence-corrected chi connectivity index (χ1v) is 8.03. The number of carbonyl (C=O) groups excluding carboxylic acids is 1. The molecule has 2 rings (SSSR count). The molecule has 1 heterocycles. The lowest BCUT2D eigenvalue weighted by atomic mass is 10.2. The Morgan fingerprint density at radius 2 is 2.30 bits per heavy atom. The Hall–Kier alpha value is -1.04. The van der Waals surface area contributed by atoms with Crippen molar-refractivity contribution in [2.45, 2.75) is 38.8 Å². The topological polar surface area (TPSA) is 41.6 Å². The molecule has 2 unspecified atom stereocenters. The van der Waals surface area contributed by atoms with E-state index in [1.807, 2.05) is 11.8 Å². The van der Waals surface area contributed by atoms with Gasteiger partial charge in [-0.15, -0.1) is 12.4 Å². The number of hydrogen-bond acceptors (Lipinski definition) is 3. The molecule has 4 nitrogen and oxygen atoms in total. The van der Waals surface area contributed by atoms with Gasteiger partial charge in [-0.1, -0.05) is 18.5 Å². The highest BCUT2D eigenvalue weighted by Gasteiger charge is 2.30. The van der Waals surface area contributed by atoms with Crippen molar-refractivity contribution >= 4 is 29.9 Å². The molecular weight excluding hydrogens is 342 g/mol. The molecule has 130 valence electrons. The van der Waals surface area contributed by atoms with Gasteiger partial charge in [0.2, 0.25) is 0 Å². The van der Waals surface area contributed by atoms with Gasteiger partial charge in [-0.05, 0) is 44.5 Å². The zero-order valence-corrected chi connectivity index (χ0v) is 14.9. The van der Waals surface area contributed by atoms with Gasteiger partial charge >= 0.3 is 0 Å². The Labute approximate surface area is 147 Å². The average Bonchev–Trinajstić information content (AvgIpc) is 3.01. The largest absolute Gasteiger partial charge is 0.479 e. The van der Waals surface area contributed by atoms with E-state index < -0.39 is 11.9 Å². The fourth-order valence-corrected chi connectivity index (χ4v) is 2.88. The zero-order valence-electron chi connectivity index (χ0n) is 13.4. The van der Waals surface area contributed by atoms with Crippen LogP contribution < -0.4 is 10.1 Å². The second-order valence-electron chi connectivity index (χ2n) is 5.51. The summed E-state index contributed by atoms with van der Waals surface area (Å²) in [4.78, 5) is 14.5. The van der Waals surface area contributed by atoms with E-state index in [9.17, 15) is 9.18 Å². The van der Waals surface area contributed by atoms with Crippen molar-refractivity contribution < 1.29 is 13.9 Å². The number of amides is 1. The molecule has 0 bridgehead atoms. The van der Waals surface area contributed by atoms with Gasteiger partial charge in [0, 0.05) is 19.1 Å². The molecule has 0 saturated carbocycles. The summed E-state index contributed by atoms with van der Waals surface area (Å²) in [5.74, 6) is -0.165. The third-order valence-electron chi connectivity index (χ3n) is 3.77. The first-order valence-electron chi connectivity index (χ1n) is 7.65. The van der Waals surface area contributed by atoms with Crippen molar-refractivity contribution in [2.75, 3.05) is 19.6 Å². The van der Waals surface area contributed by atoms with E-state index in [0.29, 0.717) is 12.3 Å². The summed E-state index contributed by atoms with van der Waals surface area (Å²) in [6.07, 6.45) is 1.19. The first-order chi connectivity index (χ1) is 10.5. The second kappa shape index (κ2) is 9.30. The predicted octanol–water partition coefficient (Wildman–Crippen LogP) is 3.27. The number of rotatable bonds is 6. The van der Waals surface area contributed by atoms with Gasteiger partial charge in [0.25, 0.3) is 5.91 Å². The minimum atomic E-state index is -0.657. The maximum atomic E-state index is 13.1. The Kier molecular flexibility index (Phi) is 8.09. The van der Waals surface area contributed by atoms with Crippen LogP contribution in [0.2, 0.25) is 5.02 Å². The van der Waals surface area contributed by atoms with E-state index in [-0.39, 0.29) is 29.4 Å². The number of ether oxygens (including phenoxy) is 1. The lowest BCUT2D eigenvalue weighted by molar-refractivity contribution is -0.140. The fourth-order valence-electron chi connectivity index (χ4n) is 2.66. The maximum Gasteiger partial charge on any atom is 0.263 e. The molecule has 0 spiro atoms. The lowest BCUT2D eigenvalue weighted by Crippen LogP contribution is -2.47. The summed E-state index contributed by atoms with van der Waals surface area (Å²) in [6.45, 7) is 6.20. The lowest BCUT2D eigenvalue weighted by Gasteiger charge is -2.30. The maximum absolute atomic E-state index is 13.1. The van der Waals surface area contributed by atoms with Gasteiger partial charge in [0.1, 0.15) is 11.6 Å².